The maximum atomic E-state index is 11.6. The molecular weight excluding hydrogens is 390 g/mol. The van der Waals surface area contributed by atoms with E-state index in [1.54, 1.807) is 12.2 Å². The minimum atomic E-state index is -1.22. The SMILES string of the molecule is CCN(C)c1ccc(/C=C2C=C(/C=C/C=C3\C=CC(=O)C(C(=O)O)=C3)C=C(C)O/2)cc1. The number of nitrogens with zero attached hydrogens (tertiary/aromatic N) is 1. The number of hydrogen-bond donors (Lipinski definition) is 1. The van der Waals surface area contributed by atoms with Crippen molar-refractivity contribution in [1.82, 2.24) is 0 Å². The Labute approximate surface area is 182 Å². The van der Waals surface area contributed by atoms with Gasteiger partial charge in [0, 0.05) is 19.3 Å². The molecule has 0 saturated carbocycles. The molecule has 1 aliphatic heterocycles. The van der Waals surface area contributed by atoms with Gasteiger partial charge in [-0.25, -0.2) is 4.79 Å². The zero-order valence-corrected chi connectivity index (χ0v) is 17.8. The van der Waals surface area contributed by atoms with E-state index in [-0.39, 0.29) is 5.57 Å². The van der Waals surface area contributed by atoms with Crippen LogP contribution in [0.5, 0.6) is 0 Å². The van der Waals surface area contributed by atoms with Crippen LogP contribution in [-0.2, 0) is 14.3 Å². The number of aliphatic carboxylic acids is 1. The monoisotopic (exact) mass is 415 g/mol. The first-order chi connectivity index (χ1) is 14.9. The van der Waals surface area contributed by atoms with Gasteiger partial charge in [-0.1, -0.05) is 36.4 Å². The maximum absolute atomic E-state index is 11.6. The molecule has 5 nitrogen and oxygen atoms in total. The van der Waals surface area contributed by atoms with Gasteiger partial charge >= 0.3 is 5.97 Å². The van der Waals surface area contributed by atoms with Gasteiger partial charge in [0.25, 0.3) is 0 Å². The van der Waals surface area contributed by atoms with Crippen LogP contribution < -0.4 is 4.90 Å². The maximum Gasteiger partial charge on any atom is 0.339 e. The smallest absolute Gasteiger partial charge is 0.339 e. The Kier molecular flexibility index (Phi) is 6.88. The summed E-state index contributed by atoms with van der Waals surface area (Å²) in [5.41, 5.74) is 3.57. The molecule has 0 atom stereocenters. The molecule has 1 aromatic rings. The number of anilines is 1. The predicted octanol–water partition coefficient (Wildman–Crippen LogP) is 4.98. The number of ketones is 1. The summed E-state index contributed by atoms with van der Waals surface area (Å²) in [6.07, 6.45) is 15.6. The number of carbonyl (C=O) groups is 2. The van der Waals surface area contributed by atoms with Crippen LogP contribution >= 0.6 is 0 Å². The molecule has 0 radical (unpaired) electrons. The molecule has 0 aromatic heterocycles. The van der Waals surface area contributed by atoms with Crippen LogP contribution in [0.2, 0.25) is 0 Å². The number of carboxylic acid groups (broad SMARTS) is 1. The zero-order chi connectivity index (χ0) is 22.4. The molecule has 0 amide bonds. The van der Waals surface area contributed by atoms with E-state index in [4.69, 9.17) is 9.84 Å². The lowest BCUT2D eigenvalue weighted by Gasteiger charge is -2.17. The standard InChI is InChI=1S/C26H25NO4/c1-4-27(3)22-11-8-20(9-12-22)15-23-16-21(14-18(2)31-23)7-5-6-19-10-13-25(28)24(17-19)26(29)30/h5-17H,4H2,1-3H3,(H,29,30)/b7-5+,19-6+,23-15-. The minimum absolute atomic E-state index is 0.232. The Morgan fingerprint density at radius 1 is 1.13 bits per heavy atom. The van der Waals surface area contributed by atoms with E-state index in [2.05, 4.69) is 43.1 Å². The van der Waals surface area contributed by atoms with Gasteiger partial charge in [-0.3, -0.25) is 4.79 Å². The normalized spacial score (nSPS) is 18.7. The summed E-state index contributed by atoms with van der Waals surface area (Å²) < 4.78 is 5.83. The predicted molar refractivity (Wildman–Crippen MR) is 123 cm³/mol. The quantitative estimate of drug-likeness (QED) is 0.664. The van der Waals surface area contributed by atoms with Crippen LogP contribution in [0.3, 0.4) is 0 Å². The van der Waals surface area contributed by atoms with E-state index >= 15 is 0 Å². The average molecular weight is 415 g/mol. The Morgan fingerprint density at radius 2 is 1.87 bits per heavy atom. The number of hydrogen-bond acceptors (Lipinski definition) is 4. The van der Waals surface area contributed by atoms with E-state index in [0.717, 1.165) is 34.9 Å². The van der Waals surface area contributed by atoms with Crippen molar-refractivity contribution in [1.29, 1.82) is 0 Å². The fraction of sp³-hybridized carbons (Fsp3) is 0.154. The van der Waals surface area contributed by atoms with E-state index in [1.807, 2.05) is 37.3 Å². The third-order valence-electron chi connectivity index (χ3n) is 4.89. The van der Waals surface area contributed by atoms with E-state index in [1.165, 1.54) is 12.2 Å². The van der Waals surface area contributed by atoms with Crippen molar-refractivity contribution < 1.29 is 19.4 Å². The Balaban J connectivity index is 1.77. The van der Waals surface area contributed by atoms with Crippen LogP contribution in [0.25, 0.3) is 6.08 Å². The molecule has 1 aliphatic carbocycles. The van der Waals surface area contributed by atoms with Gasteiger partial charge in [-0.05, 0) is 73.1 Å². The van der Waals surface area contributed by atoms with Crippen molar-refractivity contribution >= 4 is 23.5 Å². The molecule has 0 bridgehead atoms. The molecular formula is C26H25NO4. The number of carboxylic acids is 1. The fourth-order valence-corrected chi connectivity index (χ4v) is 3.11. The minimum Gasteiger partial charge on any atom is -0.478 e. The molecule has 158 valence electrons. The molecule has 1 N–H and O–H groups in total. The van der Waals surface area contributed by atoms with Gasteiger partial charge in [0.2, 0.25) is 0 Å². The van der Waals surface area contributed by atoms with Gasteiger partial charge in [-0.15, -0.1) is 0 Å². The number of benzene rings is 1. The van der Waals surface area contributed by atoms with Crippen molar-refractivity contribution in [3.8, 4) is 0 Å². The highest BCUT2D eigenvalue weighted by Crippen LogP contribution is 2.23. The first-order valence-corrected chi connectivity index (χ1v) is 10.0. The number of carbonyl (C=O) groups excluding carboxylic acids is 1. The third kappa shape index (κ3) is 5.82. The summed E-state index contributed by atoms with van der Waals surface area (Å²) in [7, 11) is 2.06. The molecule has 0 unspecified atom stereocenters. The first kappa shape index (κ1) is 21.8. The lowest BCUT2D eigenvalue weighted by Crippen LogP contribution is -2.15. The van der Waals surface area contributed by atoms with Crippen LogP contribution in [-0.4, -0.2) is 30.5 Å². The Bertz CT molecular complexity index is 1090. The molecule has 5 heteroatoms. The van der Waals surface area contributed by atoms with Gasteiger partial charge in [-0.2, -0.15) is 0 Å². The Morgan fingerprint density at radius 3 is 2.55 bits per heavy atom. The highest BCUT2D eigenvalue weighted by Gasteiger charge is 2.17. The van der Waals surface area contributed by atoms with Crippen molar-refractivity contribution in [3.63, 3.8) is 0 Å². The van der Waals surface area contributed by atoms with Crippen molar-refractivity contribution in [2.75, 3.05) is 18.5 Å². The summed E-state index contributed by atoms with van der Waals surface area (Å²) in [5.74, 6) is -0.206. The van der Waals surface area contributed by atoms with Crippen LogP contribution in [0, 0.1) is 0 Å². The number of ether oxygens (including phenoxy) is 1. The third-order valence-corrected chi connectivity index (χ3v) is 4.89. The summed E-state index contributed by atoms with van der Waals surface area (Å²) >= 11 is 0. The van der Waals surface area contributed by atoms with Gasteiger partial charge in [0.05, 0.1) is 0 Å². The highest BCUT2D eigenvalue weighted by molar-refractivity contribution is 6.22. The van der Waals surface area contributed by atoms with Crippen LogP contribution in [0.4, 0.5) is 5.69 Å². The topological polar surface area (TPSA) is 66.8 Å². The van der Waals surface area contributed by atoms with Crippen LogP contribution in [0.15, 0.2) is 101 Å². The van der Waals surface area contributed by atoms with E-state index < -0.39 is 11.8 Å². The van der Waals surface area contributed by atoms with Gasteiger partial charge < -0.3 is 14.7 Å². The largest absolute Gasteiger partial charge is 0.478 e. The average Bonchev–Trinajstić information content (AvgIpc) is 2.74. The molecule has 3 rings (SSSR count). The molecule has 1 heterocycles. The lowest BCUT2D eigenvalue weighted by molar-refractivity contribution is -0.134. The van der Waals surface area contributed by atoms with Crippen LogP contribution in [0.1, 0.15) is 19.4 Å². The fourth-order valence-electron chi connectivity index (χ4n) is 3.11. The second-order valence-electron chi connectivity index (χ2n) is 7.24. The Hall–Kier alpha value is -3.86. The number of rotatable bonds is 6. The zero-order valence-electron chi connectivity index (χ0n) is 17.8. The molecule has 31 heavy (non-hydrogen) atoms. The van der Waals surface area contributed by atoms with Gasteiger partial charge in [0.15, 0.2) is 5.78 Å². The molecule has 0 spiro atoms. The molecule has 0 saturated heterocycles. The van der Waals surface area contributed by atoms with Crippen molar-refractivity contribution in [2.24, 2.45) is 0 Å². The van der Waals surface area contributed by atoms with Gasteiger partial charge in [0.1, 0.15) is 17.1 Å². The second-order valence-corrected chi connectivity index (χ2v) is 7.24. The molecule has 0 fully saturated rings. The highest BCUT2D eigenvalue weighted by atomic mass is 16.5. The molecule has 2 aliphatic rings. The molecule has 1 aromatic carbocycles. The summed E-state index contributed by atoms with van der Waals surface area (Å²) in [6, 6.07) is 8.28. The second kappa shape index (κ2) is 9.76. The lowest BCUT2D eigenvalue weighted by atomic mass is 10.0. The summed E-state index contributed by atoms with van der Waals surface area (Å²) in [5, 5.41) is 9.08. The first-order valence-electron chi connectivity index (χ1n) is 10.0. The van der Waals surface area contributed by atoms with E-state index in [9.17, 15) is 9.59 Å². The summed E-state index contributed by atoms with van der Waals surface area (Å²) in [6.45, 7) is 4.95. The van der Waals surface area contributed by atoms with Crippen molar-refractivity contribution in [3.05, 3.63) is 107 Å². The summed E-state index contributed by atoms with van der Waals surface area (Å²) in [4.78, 5) is 24.9. The van der Waals surface area contributed by atoms with Crippen molar-refractivity contribution in [2.45, 2.75) is 13.8 Å². The number of allylic oxidation sites excluding steroid dienone is 11. The van der Waals surface area contributed by atoms with E-state index in [0.29, 0.717) is 5.57 Å².